The largest absolute Gasteiger partial charge is 0.345 e. The maximum atomic E-state index is 13.3. The summed E-state index contributed by atoms with van der Waals surface area (Å²) in [7, 11) is 0. The maximum absolute atomic E-state index is 13.3. The Kier molecular flexibility index (Phi) is 5.19. The van der Waals surface area contributed by atoms with Gasteiger partial charge in [0.05, 0.1) is 17.0 Å². The van der Waals surface area contributed by atoms with Crippen molar-refractivity contribution in [3.8, 4) is 0 Å². The topological polar surface area (TPSA) is 92.3 Å². The predicted molar refractivity (Wildman–Crippen MR) is 120 cm³/mol. The summed E-state index contributed by atoms with van der Waals surface area (Å²) in [4.78, 5) is 31.1. The van der Waals surface area contributed by atoms with Crippen molar-refractivity contribution in [1.29, 1.82) is 5.41 Å². The van der Waals surface area contributed by atoms with Crippen LogP contribution in [0.2, 0.25) is 0 Å². The van der Waals surface area contributed by atoms with Gasteiger partial charge >= 0.3 is 0 Å². The van der Waals surface area contributed by atoms with Crippen molar-refractivity contribution in [1.82, 2.24) is 19.3 Å². The second-order valence-electron chi connectivity index (χ2n) is 8.02. The monoisotopic (exact) mass is 415 g/mol. The normalized spacial score (nSPS) is 12.4. The summed E-state index contributed by atoms with van der Waals surface area (Å²) in [6, 6.07) is 14.4. The minimum atomic E-state index is -0.397. The number of nitrogens with zero attached hydrogens (tertiary/aromatic N) is 3. The molecule has 0 unspecified atom stereocenters. The second-order valence-corrected chi connectivity index (χ2v) is 8.02. The Balaban J connectivity index is 1.92. The lowest BCUT2D eigenvalue weighted by molar-refractivity contribution is 0.0937. The van der Waals surface area contributed by atoms with E-state index in [1.54, 1.807) is 16.8 Å². The van der Waals surface area contributed by atoms with Crippen molar-refractivity contribution < 1.29 is 4.79 Å². The first-order valence-corrected chi connectivity index (χ1v) is 10.3. The van der Waals surface area contributed by atoms with Gasteiger partial charge in [0.15, 0.2) is 0 Å². The standard InChI is InChI=1S/C24H25N5O2/c1-14(2)29-20(25)18(23(30)26-16(4)17-10-6-5-7-11-17)13-19-22(29)27-21-15(3)9-8-12-28(21)24(19)31/h5-14,16,25H,1-4H3,(H,26,30)/t16-/m1/s1. The van der Waals surface area contributed by atoms with Gasteiger partial charge < -0.3 is 9.88 Å². The Morgan fingerprint density at radius 1 is 1.06 bits per heavy atom. The lowest BCUT2D eigenvalue weighted by Crippen LogP contribution is -2.36. The molecule has 0 radical (unpaired) electrons. The number of rotatable bonds is 4. The molecule has 2 N–H and O–H groups in total. The number of nitrogens with one attached hydrogen (secondary N) is 2. The molecule has 7 nitrogen and oxygen atoms in total. The van der Waals surface area contributed by atoms with Crippen molar-refractivity contribution in [2.24, 2.45) is 0 Å². The summed E-state index contributed by atoms with van der Waals surface area (Å²) in [5.41, 5.74) is 2.70. The van der Waals surface area contributed by atoms with Crippen LogP contribution in [0.3, 0.4) is 0 Å². The zero-order valence-electron chi connectivity index (χ0n) is 18.0. The average Bonchev–Trinajstić information content (AvgIpc) is 2.74. The molecule has 0 spiro atoms. The van der Waals surface area contributed by atoms with Gasteiger partial charge in [-0.15, -0.1) is 0 Å². The highest BCUT2D eigenvalue weighted by Crippen LogP contribution is 2.17. The third-order valence-corrected chi connectivity index (χ3v) is 5.49. The van der Waals surface area contributed by atoms with Crippen LogP contribution in [0, 0.1) is 12.3 Å². The molecule has 0 aliphatic rings. The molecule has 1 amide bonds. The fourth-order valence-corrected chi connectivity index (χ4v) is 3.83. The van der Waals surface area contributed by atoms with E-state index in [1.807, 2.05) is 64.1 Å². The summed E-state index contributed by atoms with van der Waals surface area (Å²) in [5.74, 6) is -0.397. The minimum absolute atomic E-state index is 0.0325. The second kappa shape index (κ2) is 7.83. The van der Waals surface area contributed by atoms with E-state index >= 15 is 0 Å². The molecule has 31 heavy (non-hydrogen) atoms. The molecule has 0 aliphatic heterocycles. The lowest BCUT2D eigenvalue weighted by atomic mass is 10.1. The Morgan fingerprint density at radius 2 is 1.77 bits per heavy atom. The quantitative estimate of drug-likeness (QED) is 0.500. The van der Waals surface area contributed by atoms with Crippen LogP contribution in [0.4, 0.5) is 0 Å². The number of hydrogen-bond donors (Lipinski definition) is 2. The molecule has 7 heteroatoms. The van der Waals surface area contributed by atoms with Crippen LogP contribution >= 0.6 is 0 Å². The van der Waals surface area contributed by atoms with Gasteiger partial charge in [-0.2, -0.15) is 0 Å². The molecule has 3 aromatic heterocycles. The molecule has 0 bridgehead atoms. The molecular weight excluding hydrogens is 390 g/mol. The van der Waals surface area contributed by atoms with Gasteiger partial charge in [-0.25, -0.2) is 4.98 Å². The summed E-state index contributed by atoms with van der Waals surface area (Å²) >= 11 is 0. The predicted octanol–water partition coefficient (Wildman–Crippen LogP) is 3.51. The summed E-state index contributed by atoms with van der Waals surface area (Å²) in [5, 5.41) is 12.0. The van der Waals surface area contributed by atoms with Crippen LogP contribution < -0.4 is 16.4 Å². The third kappa shape index (κ3) is 3.52. The zero-order valence-corrected chi connectivity index (χ0v) is 18.0. The van der Waals surface area contributed by atoms with E-state index in [1.165, 1.54) is 10.5 Å². The van der Waals surface area contributed by atoms with Crippen molar-refractivity contribution in [2.75, 3.05) is 0 Å². The number of carbonyl (C=O) groups excluding carboxylic acids is 1. The molecule has 3 heterocycles. The summed E-state index contributed by atoms with van der Waals surface area (Å²) < 4.78 is 3.13. The van der Waals surface area contributed by atoms with E-state index in [-0.39, 0.29) is 28.7 Å². The van der Waals surface area contributed by atoms with E-state index in [4.69, 9.17) is 10.4 Å². The van der Waals surface area contributed by atoms with Gasteiger partial charge in [-0.3, -0.25) is 19.4 Å². The van der Waals surface area contributed by atoms with Crippen LogP contribution in [0.5, 0.6) is 0 Å². The van der Waals surface area contributed by atoms with E-state index in [2.05, 4.69) is 5.32 Å². The number of aryl methyl sites for hydroxylation is 1. The Hall–Kier alpha value is -3.74. The maximum Gasteiger partial charge on any atom is 0.267 e. The number of hydrogen-bond acceptors (Lipinski definition) is 4. The minimum Gasteiger partial charge on any atom is -0.345 e. The van der Waals surface area contributed by atoms with Crippen LogP contribution in [0.15, 0.2) is 59.5 Å². The highest BCUT2D eigenvalue weighted by atomic mass is 16.2. The molecule has 4 aromatic rings. The van der Waals surface area contributed by atoms with Gasteiger partial charge in [-0.1, -0.05) is 36.4 Å². The molecule has 0 saturated heterocycles. The van der Waals surface area contributed by atoms with Crippen LogP contribution in [0.1, 0.15) is 54.3 Å². The molecule has 0 aliphatic carbocycles. The van der Waals surface area contributed by atoms with Crippen molar-refractivity contribution in [3.63, 3.8) is 0 Å². The Bertz CT molecular complexity index is 1420. The molecule has 1 aromatic carbocycles. The first-order valence-electron chi connectivity index (χ1n) is 10.3. The van der Waals surface area contributed by atoms with Crippen molar-refractivity contribution >= 4 is 22.6 Å². The number of carbonyl (C=O) groups is 1. The molecule has 4 rings (SSSR count). The summed E-state index contributed by atoms with van der Waals surface area (Å²) in [6.45, 7) is 7.60. The third-order valence-electron chi connectivity index (χ3n) is 5.49. The van der Waals surface area contributed by atoms with E-state index in [9.17, 15) is 9.59 Å². The number of benzene rings is 1. The molecule has 0 fully saturated rings. The molecule has 1 atom stereocenters. The fourth-order valence-electron chi connectivity index (χ4n) is 3.83. The first-order chi connectivity index (χ1) is 14.8. The Labute approximate surface area is 179 Å². The van der Waals surface area contributed by atoms with Crippen molar-refractivity contribution in [3.05, 3.63) is 87.3 Å². The molecule has 158 valence electrons. The summed E-state index contributed by atoms with van der Waals surface area (Å²) in [6.07, 6.45) is 1.67. The van der Waals surface area contributed by atoms with E-state index in [0.717, 1.165) is 11.1 Å². The molecular formula is C24H25N5O2. The Morgan fingerprint density at radius 3 is 2.45 bits per heavy atom. The zero-order chi connectivity index (χ0) is 22.3. The van der Waals surface area contributed by atoms with Gasteiger partial charge in [-0.05, 0) is 51.0 Å². The van der Waals surface area contributed by atoms with Gasteiger partial charge in [0.1, 0.15) is 16.8 Å². The van der Waals surface area contributed by atoms with Gasteiger partial charge in [0.2, 0.25) is 0 Å². The number of fused-ring (bicyclic) bond motifs is 2. The fraction of sp³-hybridized carbons (Fsp3) is 0.250. The molecule has 0 saturated carbocycles. The average molecular weight is 415 g/mol. The first kappa shape index (κ1) is 20.5. The van der Waals surface area contributed by atoms with Crippen LogP contribution in [0.25, 0.3) is 16.7 Å². The number of amides is 1. The van der Waals surface area contributed by atoms with Crippen LogP contribution in [-0.2, 0) is 0 Å². The lowest BCUT2D eigenvalue weighted by Gasteiger charge is -2.19. The number of pyridine rings is 2. The highest BCUT2D eigenvalue weighted by molar-refractivity contribution is 5.97. The SMILES string of the molecule is Cc1cccn2c(=O)c3cc(C(=O)N[C@H](C)c4ccccc4)c(=N)n(C(C)C)c3nc12. The van der Waals surface area contributed by atoms with Crippen molar-refractivity contribution in [2.45, 2.75) is 39.8 Å². The number of aromatic nitrogens is 3. The van der Waals surface area contributed by atoms with E-state index in [0.29, 0.717) is 16.7 Å². The smallest absolute Gasteiger partial charge is 0.267 e. The van der Waals surface area contributed by atoms with Gasteiger partial charge in [0, 0.05) is 12.2 Å². The van der Waals surface area contributed by atoms with E-state index < -0.39 is 5.91 Å². The van der Waals surface area contributed by atoms with Gasteiger partial charge in [0.25, 0.3) is 11.5 Å². The highest BCUT2D eigenvalue weighted by Gasteiger charge is 2.20. The van der Waals surface area contributed by atoms with Crippen LogP contribution in [-0.4, -0.2) is 19.9 Å².